The molecule has 12 heavy (non-hydrogen) atoms. The first-order valence-electron chi connectivity index (χ1n) is 5.00. The summed E-state index contributed by atoms with van der Waals surface area (Å²) in [6, 6.07) is 0. The summed E-state index contributed by atoms with van der Waals surface area (Å²) in [5.41, 5.74) is 0. The second-order valence-electron chi connectivity index (χ2n) is 3.85. The highest BCUT2D eigenvalue weighted by Crippen LogP contribution is 2.20. The molecule has 0 saturated heterocycles. The molecule has 1 unspecified atom stereocenters. The number of rotatable bonds is 4. The lowest BCUT2D eigenvalue weighted by Crippen LogP contribution is -2.20. The van der Waals surface area contributed by atoms with Crippen LogP contribution in [0.3, 0.4) is 0 Å². The lowest BCUT2D eigenvalue weighted by molar-refractivity contribution is 0.0143. The predicted molar refractivity (Wildman–Crippen MR) is 52.7 cm³/mol. The van der Waals surface area contributed by atoms with Crippen LogP contribution >= 0.6 is 11.6 Å². The van der Waals surface area contributed by atoms with Gasteiger partial charge in [0.1, 0.15) is 0 Å². The van der Waals surface area contributed by atoms with Gasteiger partial charge < -0.3 is 4.74 Å². The standard InChI is InChI=1S/C10H19ClO/c1-9(7-11)8-12-10-5-3-2-4-6-10/h9-10H,2-8H2,1H3. The first-order chi connectivity index (χ1) is 5.83. The van der Waals surface area contributed by atoms with Crippen LogP contribution in [0.2, 0.25) is 0 Å². The van der Waals surface area contributed by atoms with Gasteiger partial charge in [0.2, 0.25) is 0 Å². The molecule has 0 aliphatic heterocycles. The van der Waals surface area contributed by atoms with E-state index in [1.165, 1.54) is 32.1 Å². The van der Waals surface area contributed by atoms with Crippen LogP contribution in [0.5, 0.6) is 0 Å². The Balaban J connectivity index is 2.05. The molecule has 1 fully saturated rings. The molecule has 1 atom stereocenters. The SMILES string of the molecule is CC(CCl)COC1CCCCC1. The summed E-state index contributed by atoms with van der Waals surface area (Å²) in [5, 5.41) is 0. The van der Waals surface area contributed by atoms with E-state index in [-0.39, 0.29) is 0 Å². The van der Waals surface area contributed by atoms with E-state index >= 15 is 0 Å². The summed E-state index contributed by atoms with van der Waals surface area (Å²) in [6.45, 7) is 2.98. The molecule has 0 radical (unpaired) electrons. The third-order valence-corrected chi connectivity index (χ3v) is 2.96. The lowest BCUT2D eigenvalue weighted by Gasteiger charge is -2.23. The summed E-state index contributed by atoms with van der Waals surface area (Å²) in [5.74, 6) is 1.22. The molecule has 2 heteroatoms. The fraction of sp³-hybridized carbons (Fsp3) is 1.00. The highest BCUT2D eigenvalue weighted by molar-refractivity contribution is 6.18. The van der Waals surface area contributed by atoms with Crippen LogP contribution in [-0.4, -0.2) is 18.6 Å². The zero-order valence-electron chi connectivity index (χ0n) is 7.89. The summed E-state index contributed by atoms with van der Waals surface area (Å²) < 4.78 is 5.75. The Morgan fingerprint density at radius 1 is 1.33 bits per heavy atom. The third kappa shape index (κ3) is 3.77. The molecule has 1 nitrogen and oxygen atoms in total. The number of halogens is 1. The van der Waals surface area contributed by atoms with Gasteiger partial charge in [0, 0.05) is 5.88 Å². The molecule has 0 aromatic rings. The van der Waals surface area contributed by atoms with Crippen LogP contribution in [0.15, 0.2) is 0 Å². The topological polar surface area (TPSA) is 9.23 Å². The van der Waals surface area contributed by atoms with Crippen LogP contribution in [0.1, 0.15) is 39.0 Å². The molecular weight excluding hydrogens is 172 g/mol. The maximum Gasteiger partial charge on any atom is 0.0575 e. The van der Waals surface area contributed by atoms with Crippen molar-refractivity contribution in [2.24, 2.45) is 5.92 Å². The minimum atomic E-state index is 0.508. The number of alkyl halides is 1. The van der Waals surface area contributed by atoms with Crippen molar-refractivity contribution in [3.63, 3.8) is 0 Å². The first kappa shape index (κ1) is 10.3. The first-order valence-corrected chi connectivity index (χ1v) is 5.54. The van der Waals surface area contributed by atoms with Gasteiger partial charge in [0.05, 0.1) is 12.7 Å². The van der Waals surface area contributed by atoms with E-state index in [2.05, 4.69) is 6.92 Å². The van der Waals surface area contributed by atoms with Crippen LogP contribution in [0.25, 0.3) is 0 Å². The van der Waals surface area contributed by atoms with Crippen molar-refractivity contribution in [2.45, 2.75) is 45.1 Å². The zero-order valence-corrected chi connectivity index (χ0v) is 8.65. The maximum absolute atomic E-state index is 5.75. The van der Waals surface area contributed by atoms with E-state index in [1.807, 2.05) is 0 Å². The van der Waals surface area contributed by atoms with Crippen molar-refractivity contribution in [1.29, 1.82) is 0 Å². The summed E-state index contributed by atoms with van der Waals surface area (Å²) in [4.78, 5) is 0. The van der Waals surface area contributed by atoms with E-state index in [1.54, 1.807) is 0 Å². The Labute approximate surface area is 80.4 Å². The third-order valence-electron chi connectivity index (χ3n) is 2.43. The number of ether oxygens (including phenoxy) is 1. The fourth-order valence-corrected chi connectivity index (χ4v) is 1.67. The van der Waals surface area contributed by atoms with Gasteiger partial charge >= 0.3 is 0 Å². The minimum Gasteiger partial charge on any atom is -0.378 e. The normalized spacial score (nSPS) is 22.5. The summed E-state index contributed by atoms with van der Waals surface area (Å²) in [6.07, 6.45) is 7.14. The van der Waals surface area contributed by atoms with Crippen molar-refractivity contribution >= 4 is 11.6 Å². The molecule has 0 bridgehead atoms. The molecule has 0 heterocycles. The van der Waals surface area contributed by atoms with Crippen molar-refractivity contribution in [1.82, 2.24) is 0 Å². The highest BCUT2D eigenvalue weighted by atomic mass is 35.5. The largest absolute Gasteiger partial charge is 0.378 e. The van der Waals surface area contributed by atoms with Crippen LogP contribution in [0.4, 0.5) is 0 Å². The smallest absolute Gasteiger partial charge is 0.0575 e. The molecular formula is C10H19ClO. The molecule has 1 aliphatic rings. The second kappa shape index (κ2) is 5.82. The average Bonchev–Trinajstić information content (AvgIpc) is 2.16. The van der Waals surface area contributed by atoms with E-state index in [4.69, 9.17) is 16.3 Å². The molecule has 1 rings (SSSR count). The van der Waals surface area contributed by atoms with Gasteiger partial charge in [-0.1, -0.05) is 26.2 Å². The Morgan fingerprint density at radius 2 is 2.00 bits per heavy atom. The number of hydrogen-bond acceptors (Lipinski definition) is 1. The van der Waals surface area contributed by atoms with Crippen LogP contribution in [-0.2, 0) is 4.74 Å². The average molecular weight is 191 g/mol. The van der Waals surface area contributed by atoms with Crippen molar-refractivity contribution in [3.05, 3.63) is 0 Å². The van der Waals surface area contributed by atoms with E-state index < -0.39 is 0 Å². The summed E-state index contributed by atoms with van der Waals surface area (Å²) >= 11 is 5.69. The molecule has 0 aromatic heterocycles. The quantitative estimate of drug-likeness (QED) is 0.619. The van der Waals surface area contributed by atoms with Gasteiger partial charge in [-0.25, -0.2) is 0 Å². The van der Waals surface area contributed by atoms with Gasteiger partial charge in [-0.3, -0.25) is 0 Å². The van der Waals surface area contributed by atoms with E-state index in [0.717, 1.165) is 6.61 Å². The molecule has 0 N–H and O–H groups in total. The van der Waals surface area contributed by atoms with Gasteiger partial charge in [0.25, 0.3) is 0 Å². The lowest BCUT2D eigenvalue weighted by atomic mass is 9.98. The van der Waals surface area contributed by atoms with E-state index in [0.29, 0.717) is 17.9 Å². The highest BCUT2D eigenvalue weighted by Gasteiger charge is 2.14. The molecule has 0 spiro atoms. The molecule has 0 amide bonds. The fourth-order valence-electron chi connectivity index (χ4n) is 1.58. The van der Waals surface area contributed by atoms with Crippen LogP contribution < -0.4 is 0 Å². The van der Waals surface area contributed by atoms with Crippen LogP contribution in [0, 0.1) is 5.92 Å². The molecule has 1 saturated carbocycles. The van der Waals surface area contributed by atoms with Gasteiger partial charge in [-0.15, -0.1) is 11.6 Å². The van der Waals surface area contributed by atoms with Gasteiger partial charge in [-0.05, 0) is 18.8 Å². The van der Waals surface area contributed by atoms with Crippen molar-refractivity contribution in [2.75, 3.05) is 12.5 Å². The molecule has 0 aromatic carbocycles. The zero-order chi connectivity index (χ0) is 8.81. The molecule has 1 aliphatic carbocycles. The Bertz CT molecular complexity index is 110. The molecule has 72 valence electrons. The number of hydrogen-bond donors (Lipinski definition) is 0. The maximum atomic E-state index is 5.75. The summed E-state index contributed by atoms with van der Waals surface area (Å²) in [7, 11) is 0. The van der Waals surface area contributed by atoms with E-state index in [9.17, 15) is 0 Å². The monoisotopic (exact) mass is 190 g/mol. The second-order valence-corrected chi connectivity index (χ2v) is 4.16. The minimum absolute atomic E-state index is 0.508. The van der Waals surface area contributed by atoms with Crippen molar-refractivity contribution < 1.29 is 4.74 Å². The Kier molecular flexibility index (Phi) is 5.01. The van der Waals surface area contributed by atoms with Gasteiger partial charge in [-0.2, -0.15) is 0 Å². The van der Waals surface area contributed by atoms with Gasteiger partial charge in [0.15, 0.2) is 0 Å². The van der Waals surface area contributed by atoms with Crippen molar-refractivity contribution in [3.8, 4) is 0 Å². The Morgan fingerprint density at radius 3 is 2.58 bits per heavy atom. The Hall–Kier alpha value is 0.250. The predicted octanol–water partition coefficient (Wildman–Crippen LogP) is 3.21.